The van der Waals surface area contributed by atoms with Crippen LogP contribution in [-0.2, 0) is 6.42 Å². The summed E-state index contributed by atoms with van der Waals surface area (Å²) >= 11 is 0. The number of benzene rings is 1. The highest BCUT2D eigenvalue weighted by Crippen LogP contribution is 2.19. The predicted molar refractivity (Wildman–Crippen MR) is 57.3 cm³/mol. The third kappa shape index (κ3) is 2.44. The van der Waals surface area contributed by atoms with Crippen LogP contribution in [0.5, 0.6) is 0 Å². The van der Waals surface area contributed by atoms with Crippen LogP contribution in [0.3, 0.4) is 0 Å². The van der Waals surface area contributed by atoms with Gasteiger partial charge in [0.2, 0.25) is 0 Å². The van der Waals surface area contributed by atoms with E-state index in [1.807, 2.05) is 36.4 Å². The highest BCUT2D eigenvalue weighted by Gasteiger charge is 2.05. The fraction of sp³-hybridized carbons (Fsp3) is 0.250. The van der Waals surface area contributed by atoms with Gasteiger partial charge in [-0.1, -0.05) is 35.5 Å². The smallest absolute Gasteiger partial charge is 0.167 e. The van der Waals surface area contributed by atoms with E-state index < -0.39 is 0 Å². The number of hydrogen-bond donors (Lipinski definition) is 1. The van der Waals surface area contributed by atoms with Crippen LogP contribution in [0.15, 0.2) is 40.9 Å². The van der Waals surface area contributed by atoms with Gasteiger partial charge in [-0.2, -0.15) is 0 Å². The van der Waals surface area contributed by atoms with Crippen LogP contribution in [0.25, 0.3) is 11.3 Å². The van der Waals surface area contributed by atoms with Crippen molar-refractivity contribution in [1.29, 1.82) is 0 Å². The zero-order valence-electron chi connectivity index (χ0n) is 8.39. The fourth-order valence-corrected chi connectivity index (χ4v) is 1.43. The maximum Gasteiger partial charge on any atom is 0.167 e. The summed E-state index contributed by atoms with van der Waals surface area (Å²) in [6.07, 6.45) is 1.48. The first kappa shape index (κ1) is 9.93. The molecule has 0 radical (unpaired) electrons. The van der Waals surface area contributed by atoms with Crippen LogP contribution in [-0.4, -0.2) is 16.9 Å². The average molecular weight is 203 g/mol. The molecule has 0 amide bonds. The summed E-state index contributed by atoms with van der Waals surface area (Å²) in [4.78, 5) is 0. The standard InChI is InChI=1S/C12H13NO2/c14-8-4-7-11-9-12(15-13-11)10-5-2-1-3-6-10/h1-3,5-6,9,14H,4,7-8H2. The molecule has 3 nitrogen and oxygen atoms in total. The Balaban J connectivity index is 2.14. The quantitative estimate of drug-likeness (QED) is 0.829. The SMILES string of the molecule is OCCCc1cc(-c2ccccc2)on1. The Morgan fingerprint density at radius 1 is 1.20 bits per heavy atom. The van der Waals surface area contributed by atoms with Crippen molar-refractivity contribution < 1.29 is 9.63 Å². The average Bonchev–Trinajstić information content (AvgIpc) is 2.76. The minimum atomic E-state index is 0.188. The topological polar surface area (TPSA) is 46.3 Å². The number of aliphatic hydroxyl groups excluding tert-OH is 1. The Bertz CT molecular complexity index is 409. The second-order valence-electron chi connectivity index (χ2n) is 3.38. The van der Waals surface area contributed by atoms with E-state index in [0.717, 1.165) is 29.9 Å². The number of aryl methyl sites for hydroxylation is 1. The van der Waals surface area contributed by atoms with Crippen molar-refractivity contribution in [2.45, 2.75) is 12.8 Å². The van der Waals surface area contributed by atoms with Gasteiger partial charge in [0, 0.05) is 18.2 Å². The van der Waals surface area contributed by atoms with Crippen molar-refractivity contribution in [3.05, 3.63) is 42.1 Å². The Morgan fingerprint density at radius 2 is 2.00 bits per heavy atom. The third-order valence-corrected chi connectivity index (χ3v) is 2.21. The number of hydrogen-bond acceptors (Lipinski definition) is 3. The third-order valence-electron chi connectivity index (χ3n) is 2.21. The number of nitrogens with zero attached hydrogens (tertiary/aromatic N) is 1. The first-order valence-electron chi connectivity index (χ1n) is 5.02. The fourth-order valence-electron chi connectivity index (χ4n) is 1.43. The Hall–Kier alpha value is -1.61. The van der Waals surface area contributed by atoms with Gasteiger partial charge in [-0.3, -0.25) is 0 Å². The van der Waals surface area contributed by atoms with Crippen molar-refractivity contribution in [3.8, 4) is 11.3 Å². The largest absolute Gasteiger partial charge is 0.396 e. The van der Waals surface area contributed by atoms with Gasteiger partial charge in [0.1, 0.15) is 0 Å². The molecule has 1 aromatic heterocycles. The minimum absolute atomic E-state index is 0.188. The van der Waals surface area contributed by atoms with E-state index in [9.17, 15) is 0 Å². The molecule has 1 N–H and O–H groups in total. The summed E-state index contributed by atoms with van der Waals surface area (Å²) in [7, 11) is 0. The van der Waals surface area contributed by atoms with Crippen LogP contribution >= 0.6 is 0 Å². The maximum absolute atomic E-state index is 8.69. The molecule has 78 valence electrons. The minimum Gasteiger partial charge on any atom is -0.396 e. The molecule has 15 heavy (non-hydrogen) atoms. The molecule has 2 aromatic rings. The van der Waals surface area contributed by atoms with E-state index in [0.29, 0.717) is 0 Å². The molecule has 0 aliphatic heterocycles. The molecule has 0 saturated heterocycles. The monoisotopic (exact) mass is 203 g/mol. The van der Waals surface area contributed by atoms with Crippen LogP contribution in [0.2, 0.25) is 0 Å². The molecule has 0 aliphatic rings. The Morgan fingerprint density at radius 3 is 2.73 bits per heavy atom. The van der Waals surface area contributed by atoms with E-state index in [2.05, 4.69) is 5.16 Å². The summed E-state index contributed by atoms with van der Waals surface area (Å²) in [5.74, 6) is 0.781. The van der Waals surface area contributed by atoms with Crippen molar-refractivity contribution in [3.63, 3.8) is 0 Å². The van der Waals surface area contributed by atoms with Gasteiger partial charge in [0.15, 0.2) is 5.76 Å². The highest BCUT2D eigenvalue weighted by atomic mass is 16.5. The van der Waals surface area contributed by atoms with Crippen LogP contribution < -0.4 is 0 Å². The summed E-state index contributed by atoms with van der Waals surface area (Å²) in [6.45, 7) is 0.188. The maximum atomic E-state index is 8.69. The summed E-state index contributed by atoms with van der Waals surface area (Å²) in [6, 6.07) is 11.8. The second kappa shape index (κ2) is 4.75. The summed E-state index contributed by atoms with van der Waals surface area (Å²) in [5.41, 5.74) is 1.92. The molecule has 0 saturated carbocycles. The molecular formula is C12H13NO2. The highest BCUT2D eigenvalue weighted by molar-refractivity contribution is 5.56. The van der Waals surface area contributed by atoms with Crippen molar-refractivity contribution in [2.24, 2.45) is 0 Å². The molecule has 0 spiro atoms. The lowest BCUT2D eigenvalue weighted by Gasteiger charge is -1.91. The van der Waals surface area contributed by atoms with Crippen LogP contribution in [0.4, 0.5) is 0 Å². The van der Waals surface area contributed by atoms with Crippen LogP contribution in [0, 0.1) is 0 Å². The van der Waals surface area contributed by atoms with Crippen molar-refractivity contribution in [1.82, 2.24) is 5.16 Å². The van der Waals surface area contributed by atoms with Gasteiger partial charge in [-0.05, 0) is 12.8 Å². The van der Waals surface area contributed by atoms with E-state index in [1.165, 1.54) is 0 Å². The number of rotatable bonds is 4. The molecule has 0 atom stereocenters. The Kier molecular flexibility index (Phi) is 3.15. The van der Waals surface area contributed by atoms with E-state index in [1.54, 1.807) is 0 Å². The predicted octanol–water partition coefficient (Wildman–Crippen LogP) is 2.27. The molecule has 0 bridgehead atoms. The van der Waals surface area contributed by atoms with Crippen LogP contribution in [0.1, 0.15) is 12.1 Å². The lowest BCUT2D eigenvalue weighted by atomic mass is 10.1. The van der Waals surface area contributed by atoms with Gasteiger partial charge in [-0.25, -0.2) is 0 Å². The van der Waals surface area contributed by atoms with Gasteiger partial charge in [0.25, 0.3) is 0 Å². The van der Waals surface area contributed by atoms with Gasteiger partial charge in [-0.15, -0.1) is 0 Å². The zero-order valence-corrected chi connectivity index (χ0v) is 8.39. The van der Waals surface area contributed by atoms with E-state index >= 15 is 0 Å². The molecule has 0 aliphatic carbocycles. The molecule has 0 unspecified atom stereocenters. The normalized spacial score (nSPS) is 10.5. The molecule has 1 aromatic carbocycles. The number of aromatic nitrogens is 1. The molecule has 3 heteroatoms. The molecular weight excluding hydrogens is 190 g/mol. The van der Waals surface area contributed by atoms with Gasteiger partial charge < -0.3 is 9.63 Å². The van der Waals surface area contributed by atoms with Gasteiger partial charge in [0.05, 0.1) is 5.69 Å². The zero-order chi connectivity index (χ0) is 10.5. The molecule has 1 heterocycles. The molecule has 0 fully saturated rings. The van der Waals surface area contributed by atoms with Gasteiger partial charge >= 0.3 is 0 Å². The first-order chi connectivity index (χ1) is 7.40. The lowest BCUT2D eigenvalue weighted by Crippen LogP contribution is -1.88. The summed E-state index contributed by atoms with van der Waals surface area (Å²) in [5, 5.41) is 12.6. The van der Waals surface area contributed by atoms with E-state index in [4.69, 9.17) is 9.63 Å². The molecule has 2 rings (SSSR count). The Labute approximate surface area is 88.3 Å². The second-order valence-corrected chi connectivity index (χ2v) is 3.38. The van der Waals surface area contributed by atoms with Crippen molar-refractivity contribution >= 4 is 0 Å². The lowest BCUT2D eigenvalue weighted by molar-refractivity contribution is 0.287. The summed E-state index contributed by atoms with van der Waals surface area (Å²) < 4.78 is 5.22. The first-order valence-corrected chi connectivity index (χ1v) is 5.02. The number of aliphatic hydroxyl groups is 1. The van der Waals surface area contributed by atoms with E-state index in [-0.39, 0.29) is 6.61 Å². The van der Waals surface area contributed by atoms with Crippen molar-refractivity contribution in [2.75, 3.05) is 6.61 Å².